The van der Waals surface area contributed by atoms with Gasteiger partial charge in [0.05, 0.1) is 0 Å². The van der Waals surface area contributed by atoms with Crippen molar-refractivity contribution in [3.05, 3.63) is 54.6 Å². The molecule has 0 saturated heterocycles. The molecule has 0 spiro atoms. The van der Waals surface area contributed by atoms with Crippen molar-refractivity contribution in [3.8, 4) is 11.1 Å². The van der Waals surface area contributed by atoms with Crippen LogP contribution in [0.2, 0.25) is 0 Å². The lowest BCUT2D eigenvalue weighted by atomic mass is 10.0. The molecule has 0 nitrogen and oxygen atoms in total. The van der Waals surface area contributed by atoms with Crippen LogP contribution in [0.5, 0.6) is 0 Å². The quantitative estimate of drug-likeness (QED) is 0.456. The van der Waals surface area contributed by atoms with Crippen LogP contribution in [0.1, 0.15) is 65.2 Å². The van der Waals surface area contributed by atoms with Gasteiger partial charge >= 0.3 is 0 Å². The van der Waals surface area contributed by atoms with E-state index >= 15 is 0 Å². The first-order valence-corrected chi connectivity index (χ1v) is 11.8. The minimum absolute atomic E-state index is 0.0878. The second-order valence-corrected chi connectivity index (χ2v) is 10.2. The summed E-state index contributed by atoms with van der Waals surface area (Å²) in [5.74, 6) is 0. The molecule has 1 aliphatic rings. The van der Waals surface area contributed by atoms with Crippen molar-refractivity contribution in [2.75, 3.05) is 0 Å². The molecular formula is C24H33P. The fourth-order valence-electron chi connectivity index (χ4n) is 4.48. The average Bonchev–Trinajstić information content (AvgIpc) is 2.69. The molecule has 0 radical (unpaired) electrons. The van der Waals surface area contributed by atoms with E-state index in [1.165, 1.54) is 62.5 Å². The smallest absolute Gasteiger partial charge is 0.0107 e. The van der Waals surface area contributed by atoms with E-state index < -0.39 is 0 Å². The highest BCUT2D eigenvalue weighted by atomic mass is 31.1. The first-order chi connectivity index (χ1) is 12.3. The third kappa shape index (κ3) is 4.53. The van der Waals surface area contributed by atoms with Gasteiger partial charge in [-0.1, -0.05) is 102 Å². The molecule has 25 heavy (non-hydrogen) atoms. The highest BCUT2D eigenvalue weighted by Crippen LogP contribution is 2.54. The van der Waals surface area contributed by atoms with Crippen LogP contribution < -0.4 is 5.30 Å². The van der Waals surface area contributed by atoms with Gasteiger partial charge in [-0.15, -0.1) is 0 Å². The molecule has 2 aromatic carbocycles. The molecule has 1 heteroatoms. The van der Waals surface area contributed by atoms with Crippen molar-refractivity contribution in [3.63, 3.8) is 0 Å². The third-order valence-corrected chi connectivity index (χ3v) is 9.38. The summed E-state index contributed by atoms with van der Waals surface area (Å²) in [4.78, 5) is 0. The molecule has 134 valence electrons. The Balaban J connectivity index is 2.03. The second kappa shape index (κ2) is 9.54. The van der Waals surface area contributed by atoms with Gasteiger partial charge in [0.25, 0.3) is 0 Å². The number of hydrogen-bond acceptors (Lipinski definition) is 0. The molecule has 2 unspecified atom stereocenters. The Bertz CT molecular complexity index is 623. The van der Waals surface area contributed by atoms with Crippen LogP contribution in [-0.2, 0) is 0 Å². The van der Waals surface area contributed by atoms with E-state index in [2.05, 4.69) is 68.4 Å². The topological polar surface area (TPSA) is 0 Å². The molecule has 0 aliphatic heterocycles. The van der Waals surface area contributed by atoms with Crippen molar-refractivity contribution in [2.45, 2.75) is 76.5 Å². The molecule has 0 heterocycles. The van der Waals surface area contributed by atoms with Gasteiger partial charge in [0.2, 0.25) is 0 Å². The number of benzene rings is 2. The molecule has 0 bridgehead atoms. The Hall–Kier alpha value is -1.13. The van der Waals surface area contributed by atoms with Gasteiger partial charge in [-0.2, -0.15) is 0 Å². The summed E-state index contributed by atoms with van der Waals surface area (Å²) in [6, 6.07) is 20.4. The molecule has 2 aromatic rings. The zero-order valence-corrected chi connectivity index (χ0v) is 16.8. The highest BCUT2D eigenvalue weighted by molar-refractivity contribution is 7.67. The molecule has 2 atom stereocenters. The van der Waals surface area contributed by atoms with Crippen LogP contribution in [0.15, 0.2) is 54.6 Å². The van der Waals surface area contributed by atoms with Gasteiger partial charge in [-0.3, -0.25) is 0 Å². The van der Waals surface area contributed by atoms with E-state index in [1.54, 1.807) is 5.30 Å². The predicted octanol–water partition coefficient (Wildman–Crippen LogP) is 7.37. The molecule has 0 aromatic heterocycles. The maximum atomic E-state index is 2.46. The first-order valence-electron chi connectivity index (χ1n) is 10.3. The molecule has 1 aliphatic carbocycles. The van der Waals surface area contributed by atoms with E-state index in [0.29, 0.717) is 0 Å². The normalized spacial score (nSPS) is 18.0. The predicted molar refractivity (Wildman–Crippen MR) is 114 cm³/mol. The molecule has 1 saturated carbocycles. The van der Waals surface area contributed by atoms with Crippen LogP contribution in [0.4, 0.5) is 0 Å². The summed E-state index contributed by atoms with van der Waals surface area (Å²) in [6.07, 6.45) is 11.3. The van der Waals surface area contributed by atoms with Crippen molar-refractivity contribution in [2.24, 2.45) is 0 Å². The zero-order valence-electron chi connectivity index (χ0n) is 16.0. The molecule has 3 rings (SSSR count). The van der Waals surface area contributed by atoms with Gasteiger partial charge in [0.1, 0.15) is 0 Å². The maximum Gasteiger partial charge on any atom is -0.0107 e. The van der Waals surface area contributed by atoms with Crippen LogP contribution >= 0.6 is 7.92 Å². The average molecular weight is 353 g/mol. The van der Waals surface area contributed by atoms with E-state index in [1.807, 2.05) is 0 Å². The van der Waals surface area contributed by atoms with Gasteiger partial charge in [0, 0.05) is 0 Å². The molecular weight excluding hydrogens is 319 g/mol. The molecule has 0 amide bonds. The standard InChI is InChI=1S/C24H33P/c1-3-13-21(4-2)25(22-16-9-6-10-17-22)24-19-12-11-18-23(24)20-14-7-5-8-15-20/h5,7-8,11-12,14-15,18-19,21-22H,3-4,6,9-10,13,16-17H2,1-2H3. The Morgan fingerprint density at radius 2 is 1.56 bits per heavy atom. The Kier molecular flexibility index (Phi) is 7.12. The minimum atomic E-state index is -0.0878. The molecule has 0 N–H and O–H groups in total. The first kappa shape index (κ1) is 18.7. The Labute approximate surface area is 155 Å². The maximum absolute atomic E-state index is 2.46. The monoisotopic (exact) mass is 352 g/mol. The van der Waals surface area contributed by atoms with Crippen LogP contribution in [0.3, 0.4) is 0 Å². The van der Waals surface area contributed by atoms with Gasteiger partial charge in [-0.05, 0) is 53.4 Å². The van der Waals surface area contributed by atoms with Gasteiger partial charge < -0.3 is 0 Å². The van der Waals surface area contributed by atoms with Crippen LogP contribution in [0.25, 0.3) is 11.1 Å². The lowest BCUT2D eigenvalue weighted by molar-refractivity contribution is 0.508. The fourth-order valence-corrected chi connectivity index (χ4v) is 8.46. The fraction of sp³-hybridized carbons (Fsp3) is 0.500. The minimum Gasteiger partial charge on any atom is -0.0683 e. The summed E-state index contributed by atoms with van der Waals surface area (Å²) in [5.41, 5.74) is 4.71. The van der Waals surface area contributed by atoms with Crippen LogP contribution in [0, 0.1) is 0 Å². The van der Waals surface area contributed by atoms with Crippen molar-refractivity contribution >= 4 is 13.2 Å². The summed E-state index contributed by atoms with van der Waals surface area (Å²) in [5, 5.41) is 1.68. The largest absolute Gasteiger partial charge is 0.0683 e. The van der Waals surface area contributed by atoms with E-state index in [4.69, 9.17) is 0 Å². The van der Waals surface area contributed by atoms with Gasteiger partial charge in [0.15, 0.2) is 0 Å². The lowest BCUT2D eigenvalue weighted by Gasteiger charge is -2.37. The van der Waals surface area contributed by atoms with Crippen molar-refractivity contribution in [1.82, 2.24) is 0 Å². The van der Waals surface area contributed by atoms with Crippen molar-refractivity contribution < 1.29 is 0 Å². The zero-order chi connectivity index (χ0) is 17.5. The number of rotatable bonds is 7. The third-order valence-electron chi connectivity index (χ3n) is 5.72. The molecule has 1 fully saturated rings. The summed E-state index contributed by atoms with van der Waals surface area (Å²) in [7, 11) is -0.0878. The lowest BCUT2D eigenvalue weighted by Crippen LogP contribution is -2.25. The highest BCUT2D eigenvalue weighted by Gasteiger charge is 2.31. The Morgan fingerprint density at radius 3 is 2.24 bits per heavy atom. The van der Waals surface area contributed by atoms with Crippen LogP contribution in [-0.4, -0.2) is 11.3 Å². The Morgan fingerprint density at radius 1 is 0.880 bits per heavy atom. The van der Waals surface area contributed by atoms with Crippen molar-refractivity contribution in [1.29, 1.82) is 0 Å². The SMILES string of the molecule is CCCC(CC)P(c1ccccc1-c1ccccc1)C1CCCCC1. The van der Waals surface area contributed by atoms with E-state index in [9.17, 15) is 0 Å². The number of hydrogen-bond donors (Lipinski definition) is 0. The summed E-state index contributed by atoms with van der Waals surface area (Å²) >= 11 is 0. The second-order valence-electron chi connectivity index (χ2n) is 7.43. The summed E-state index contributed by atoms with van der Waals surface area (Å²) < 4.78 is 0. The van der Waals surface area contributed by atoms with Gasteiger partial charge in [-0.25, -0.2) is 0 Å². The van der Waals surface area contributed by atoms with E-state index in [-0.39, 0.29) is 7.92 Å². The summed E-state index contributed by atoms with van der Waals surface area (Å²) in [6.45, 7) is 4.78. The van der Waals surface area contributed by atoms with E-state index in [0.717, 1.165) is 11.3 Å².